The van der Waals surface area contributed by atoms with E-state index in [1.54, 1.807) is 19.1 Å². The second-order valence-electron chi connectivity index (χ2n) is 3.16. The number of nitrogens with two attached hydrogens (primary N) is 1. The zero-order valence-electron chi connectivity index (χ0n) is 7.82. The minimum absolute atomic E-state index is 0.0437. The normalized spacial score (nSPS) is 10.4. The van der Waals surface area contributed by atoms with Gasteiger partial charge in [0, 0.05) is 10.9 Å². The third-order valence-corrected chi connectivity index (χ3v) is 2.13. The van der Waals surface area contributed by atoms with Crippen molar-refractivity contribution in [2.45, 2.75) is 6.92 Å². The molecule has 2 N–H and O–H groups in total. The van der Waals surface area contributed by atoms with Crippen molar-refractivity contribution in [3.63, 3.8) is 0 Å². The van der Waals surface area contributed by atoms with E-state index in [-0.39, 0.29) is 5.78 Å². The summed E-state index contributed by atoms with van der Waals surface area (Å²) in [5.41, 5.74) is 7.01. The Kier molecular flexibility index (Phi) is 1.93. The number of carbonyl (C=O) groups is 1. The van der Waals surface area contributed by atoms with Gasteiger partial charge in [0.05, 0.1) is 5.52 Å². The van der Waals surface area contributed by atoms with E-state index in [9.17, 15) is 4.79 Å². The number of pyridine rings is 1. The second-order valence-corrected chi connectivity index (χ2v) is 3.16. The molecule has 70 valence electrons. The lowest BCUT2D eigenvalue weighted by atomic mass is 10.1. The van der Waals surface area contributed by atoms with Crippen LogP contribution in [0.4, 0.5) is 5.82 Å². The van der Waals surface area contributed by atoms with Gasteiger partial charge in [-0.15, -0.1) is 0 Å². The van der Waals surface area contributed by atoms with E-state index in [4.69, 9.17) is 5.73 Å². The molecule has 2 aromatic rings. The van der Waals surface area contributed by atoms with Gasteiger partial charge in [-0.05, 0) is 25.1 Å². The highest BCUT2D eigenvalue weighted by Crippen LogP contribution is 2.18. The lowest BCUT2D eigenvalue weighted by Crippen LogP contribution is -1.96. The quantitative estimate of drug-likeness (QED) is 0.693. The molecule has 0 spiro atoms. The van der Waals surface area contributed by atoms with Crippen molar-refractivity contribution in [1.82, 2.24) is 4.98 Å². The number of Topliss-reactive ketones (excluding diaryl/α,β-unsaturated/α-hetero) is 1. The standard InChI is InChI=1S/C11H10N2O/c1-7(14)8-3-2-4-10-9(8)5-6-11(12)13-10/h2-6H,1H3,(H2,12,13). The predicted molar refractivity (Wildman–Crippen MR) is 56.2 cm³/mol. The van der Waals surface area contributed by atoms with Gasteiger partial charge in [0.15, 0.2) is 5.78 Å². The molecule has 0 radical (unpaired) electrons. The molecule has 3 nitrogen and oxygen atoms in total. The summed E-state index contributed by atoms with van der Waals surface area (Å²) in [6.45, 7) is 1.55. The fourth-order valence-electron chi connectivity index (χ4n) is 1.48. The molecular formula is C11H10N2O. The Hall–Kier alpha value is -1.90. The molecule has 0 bridgehead atoms. The summed E-state index contributed by atoms with van der Waals surface area (Å²) in [7, 11) is 0. The van der Waals surface area contributed by atoms with E-state index in [1.165, 1.54) is 0 Å². The topological polar surface area (TPSA) is 56.0 Å². The number of benzene rings is 1. The molecule has 0 atom stereocenters. The molecule has 2 rings (SSSR count). The molecule has 0 aliphatic heterocycles. The van der Waals surface area contributed by atoms with Crippen LogP contribution in [0.3, 0.4) is 0 Å². The van der Waals surface area contributed by atoms with Gasteiger partial charge in [0.1, 0.15) is 5.82 Å². The molecule has 1 aromatic carbocycles. The smallest absolute Gasteiger partial charge is 0.160 e. The summed E-state index contributed by atoms with van der Waals surface area (Å²) in [5.74, 6) is 0.514. The van der Waals surface area contributed by atoms with Crippen LogP contribution >= 0.6 is 0 Å². The van der Waals surface area contributed by atoms with Gasteiger partial charge >= 0.3 is 0 Å². The van der Waals surface area contributed by atoms with E-state index in [0.29, 0.717) is 11.4 Å². The Balaban J connectivity index is 2.81. The van der Waals surface area contributed by atoms with Crippen LogP contribution in [0.2, 0.25) is 0 Å². The van der Waals surface area contributed by atoms with Gasteiger partial charge in [-0.1, -0.05) is 12.1 Å². The molecule has 1 heterocycles. The molecular weight excluding hydrogens is 176 g/mol. The number of aromatic nitrogens is 1. The number of fused-ring (bicyclic) bond motifs is 1. The van der Waals surface area contributed by atoms with Gasteiger partial charge in [0.25, 0.3) is 0 Å². The number of anilines is 1. The zero-order chi connectivity index (χ0) is 10.1. The number of carbonyl (C=O) groups excluding carboxylic acids is 1. The highest BCUT2D eigenvalue weighted by molar-refractivity contribution is 6.06. The van der Waals surface area contributed by atoms with E-state index in [1.807, 2.05) is 18.2 Å². The highest BCUT2D eigenvalue weighted by Gasteiger charge is 2.05. The average molecular weight is 186 g/mol. The van der Waals surface area contributed by atoms with Crippen LogP contribution < -0.4 is 5.73 Å². The van der Waals surface area contributed by atoms with E-state index >= 15 is 0 Å². The summed E-state index contributed by atoms with van der Waals surface area (Å²) in [5, 5.41) is 0.856. The van der Waals surface area contributed by atoms with Gasteiger partial charge in [-0.3, -0.25) is 4.79 Å². The van der Waals surface area contributed by atoms with Gasteiger partial charge in [0.2, 0.25) is 0 Å². The van der Waals surface area contributed by atoms with E-state index in [0.717, 1.165) is 10.9 Å². The first-order chi connectivity index (χ1) is 6.68. The molecule has 3 heteroatoms. The first kappa shape index (κ1) is 8.69. The summed E-state index contributed by atoms with van der Waals surface area (Å²) >= 11 is 0. The number of hydrogen-bond donors (Lipinski definition) is 1. The monoisotopic (exact) mass is 186 g/mol. The Morgan fingerprint density at radius 2 is 2.07 bits per heavy atom. The zero-order valence-corrected chi connectivity index (χ0v) is 7.82. The summed E-state index contributed by atoms with van der Waals surface area (Å²) in [4.78, 5) is 15.4. The molecule has 0 aliphatic carbocycles. The Morgan fingerprint density at radius 3 is 2.79 bits per heavy atom. The Labute approximate surface area is 81.6 Å². The molecule has 0 aliphatic rings. The third-order valence-electron chi connectivity index (χ3n) is 2.13. The molecule has 0 saturated carbocycles. The van der Waals surface area contributed by atoms with Crippen LogP contribution in [0, 0.1) is 0 Å². The van der Waals surface area contributed by atoms with Crippen molar-refractivity contribution in [1.29, 1.82) is 0 Å². The van der Waals surface area contributed by atoms with Gasteiger partial charge in [-0.25, -0.2) is 4.98 Å². The first-order valence-electron chi connectivity index (χ1n) is 4.34. The van der Waals surface area contributed by atoms with Crippen LogP contribution in [-0.2, 0) is 0 Å². The van der Waals surface area contributed by atoms with Crippen LogP contribution in [0.15, 0.2) is 30.3 Å². The number of nitrogens with zero attached hydrogens (tertiary/aromatic N) is 1. The maximum atomic E-state index is 11.3. The summed E-state index contributed by atoms with van der Waals surface area (Å²) < 4.78 is 0. The lowest BCUT2D eigenvalue weighted by Gasteiger charge is -2.02. The van der Waals surface area contributed by atoms with Crippen molar-refractivity contribution in [2.75, 3.05) is 5.73 Å². The van der Waals surface area contributed by atoms with Gasteiger partial charge < -0.3 is 5.73 Å². The van der Waals surface area contributed by atoms with Crippen molar-refractivity contribution < 1.29 is 4.79 Å². The first-order valence-corrected chi connectivity index (χ1v) is 4.34. The van der Waals surface area contributed by atoms with Crippen LogP contribution in [0.25, 0.3) is 10.9 Å². The number of hydrogen-bond acceptors (Lipinski definition) is 3. The van der Waals surface area contributed by atoms with E-state index < -0.39 is 0 Å². The maximum absolute atomic E-state index is 11.3. The maximum Gasteiger partial charge on any atom is 0.160 e. The fourth-order valence-corrected chi connectivity index (χ4v) is 1.48. The Bertz CT molecular complexity index is 506. The third kappa shape index (κ3) is 1.33. The van der Waals surface area contributed by atoms with Crippen molar-refractivity contribution in [2.24, 2.45) is 0 Å². The molecule has 0 unspecified atom stereocenters. The number of rotatable bonds is 1. The minimum atomic E-state index is 0.0437. The van der Waals surface area contributed by atoms with Gasteiger partial charge in [-0.2, -0.15) is 0 Å². The van der Waals surface area contributed by atoms with Crippen LogP contribution in [0.1, 0.15) is 17.3 Å². The molecule has 0 saturated heterocycles. The minimum Gasteiger partial charge on any atom is -0.384 e. The molecule has 14 heavy (non-hydrogen) atoms. The summed E-state index contributed by atoms with van der Waals surface area (Å²) in [6, 6.07) is 8.98. The second kappa shape index (κ2) is 3.10. The number of ketones is 1. The largest absolute Gasteiger partial charge is 0.384 e. The van der Waals surface area contributed by atoms with Crippen molar-refractivity contribution in [3.05, 3.63) is 35.9 Å². The average Bonchev–Trinajstić information content (AvgIpc) is 2.16. The van der Waals surface area contributed by atoms with Crippen molar-refractivity contribution in [3.8, 4) is 0 Å². The molecule has 0 fully saturated rings. The highest BCUT2D eigenvalue weighted by atomic mass is 16.1. The Morgan fingerprint density at radius 1 is 1.29 bits per heavy atom. The fraction of sp³-hybridized carbons (Fsp3) is 0.0909. The van der Waals surface area contributed by atoms with Crippen LogP contribution in [-0.4, -0.2) is 10.8 Å². The van der Waals surface area contributed by atoms with E-state index in [2.05, 4.69) is 4.98 Å². The molecule has 1 aromatic heterocycles. The summed E-state index contributed by atoms with van der Waals surface area (Å²) in [6.07, 6.45) is 0. The predicted octanol–water partition coefficient (Wildman–Crippen LogP) is 2.02. The van der Waals surface area contributed by atoms with Crippen LogP contribution in [0.5, 0.6) is 0 Å². The SMILES string of the molecule is CC(=O)c1cccc2nc(N)ccc12. The van der Waals surface area contributed by atoms with Crippen molar-refractivity contribution >= 4 is 22.5 Å². The lowest BCUT2D eigenvalue weighted by molar-refractivity contribution is 0.101. The molecule has 0 amide bonds. The number of nitrogen functional groups attached to an aromatic ring is 1.